The molecule has 0 radical (unpaired) electrons. The molecule has 1 atom stereocenters. The van der Waals surface area contributed by atoms with Crippen molar-refractivity contribution in [1.82, 2.24) is 0 Å². The maximum absolute atomic E-state index is 9.06. The molecule has 0 amide bonds. The van der Waals surface area contributed by atoms with Gasteiger partial charge in [0.25, 0.3) is 0 Å². The Hall–Kier alpha value is -1.69. The number of hydrogen-bond donors (Lipinski definition) is 1. The van der Waals surface area contributed by atoms with Crippen molar-refractivity contribution in [2.75, 3.05) is 23.3 Å². The fourth-order valence-corrected chi connectivity index (χ4v) is 1.88. The van der Waals surface area contributed by atoms with E-state index in [4.69, 9.17) is 5.26 Å². The molecule has 0 aliphatic carbocycles. The highest BCUT2D eigenvalue weighted by molar-refractivity contribution is 5.55. The van der Waals surface area contributed by atoms with Crippen molar-refractivity contribution in [2.24, 2.45) is 5.92 Å². The third kappa shape index (κ3) is 3.66. The summed E-state index contributed by atoms with van der Waals surface area (Å²) in [6.07, 6.45) is 0. The summed E-state index contributed by atoms with van der Waals surface area (Å²) in [6, 6.07) is 10.4. The Kier molecular flexibility index (Phi) is 5.51. The van der Waals surface area contributed by atoms with Gasteiger partial charge in [-0.05, 0) is 44.0 Å². The van der Waals surface area contributed by atoms with Crippen LogP contribution in [-0.2, 0) is 0 Å². The highest BCUT2D eigenvalue weighted by Crippen LogP contribution is 2.19. The summed E-state index contributed by atoms with van der Waals surface area (Å²) < 4.78 is 0. The van der Waals surface area contributed by atoms with Crippen LogP contribution >= 0.6 is 0 Å². The van der Waals surface area contributed by atoms with Gasteiger partial charge in [-0.25, -0.2) is 0 Å². The predicted molar refractivity (Wildman–Crippen MR) is 77.9 cm³/mol. The van der Waals surface area contributed by atoms with Crippen molar-refractivity contribution in [3.8, 4) is 6.07 Å². The van der Waals surface area contributed by atoms with Crippen LogP contribution in [0.4, 0.5) is 11.4 Å². The Morgan fingerprint density at radius 1 is 1.17 bits per heavy atom. The number of nitriles is 1. The van der Waals surface area contributed by atoms with Crippen LogP contribution in [0, 0.1) is 17.2 Å². The summed E-state index contributed by atoms with van der Waals surface area (Å²) in [5, 5.41) is 12.3. The summed E-state index contributed by atoms with van der Waals surface area (Å²) in [5.41, 5.74) is 2.23. The third-order valence-electron chi connectivity index (χ3n) is 3.12. The second kappa shape index (κ2) is 6.90. The van der Waals surface area contributed by atoms with Crippen LogP contribution in [0.25, 0.3) is 0 Å². The fourth-order valence-electron chi connectivity index (χ4n) is 1.88. The molecule has 0 fully saturated rings. The molecule has 0 spiro atoms. The van der Waals surface area contributed by atoms with Gasteiger partial charge in [0.2, 0.25) is 0 Å². The lowest BCUT2D eigenvalue weighted by Crippen LogP contribution is -2.24. The van der Waals surface area contributed by atoms with Gasteiger partial charge in [-0.15, -0.1) is 0 Å². The molecule has 98 valence electrons. The van der Waals surface area contributed by atoms with Crippen molar-refractivity contribution in [1.29, 1.82) is 5.26 Å². The largest absolute Gasteiger partial charge is 0.372 e. The second-order valence-corrected chi connectivity index (χ2v) is 4.71. The highest BCUT2D eigenvalue weighted by atomic mass is 15.1. The molecule has 3 nitrogen and oxygen atoms in total. The average Bonchev–Trinajstić information content (AvgIpc) is 2.38. The van der Waals surface area contributed by atoms with E-state index < -0.39 is 0 Å². The van der Waals surface area contributed by atoms with E-state index in [1.165, 1.54) is 5.69 Å². The molecule has 0 saturated heterocycles. The van der Waals surface area contributed by atoms with Gasteiger partial charge in [-0.3, -0.25) is 0 Å². The van der Waals surface area contributed by atoms with Crippen LogP contribution in [0.15, 0.2) is 24.3 Å². The molecule has 1 N–H and O–H groups in total. The van der Waals surface area contributed by atoms with Crippen molar-refractivity contribution >= 4 is 11.4 Å². The molecule has 0 heterocycles. The summed E-state index contributed by atoms with van der Waals surface area (Å²) in [5.74, 6) is 0.303. The van der Waals surface area contributed by atoms with Crippen molar-refractivity contribution in [3.05, 3.63) is 24.3 Å². The SMILES string of the molecule is CCN(CC)c1ccc(NC(C#N)C(C)C)cc1. The first-order valence-electron chi connectivity index (χ1n) is 6.63. The highest BCUT2D eigenvalue weighted by Gasteiger charge is 2.11. The molecule has 0 saturated carbocycles. The first kappa shape index (κ1) is 14.4. The normalized spacial score (nSPS) is 12.0. The molecule has 0 bridgehead atoms. The first-order valence-corrected chi connectivity index (χ1v) is 6.63. The maximum Gasteiger partial charge on any atom is 0.116 e. The van der Waals surface area contributed by atoms with Crippen LogP contribution in [0.3, 0.4) is 0 Å². The zero-order valence-corrected chi connectivity index (χ0v) is 11.8. The number of hydrogen-bond acceptors (Lipinski definition) is 3. The van der Waals surface area contributed by atoms with E-state index in [9.17, 15) is 0 Å². The third-order valence-corrected chi connectivity index (χ3v) is 3.12. The zero-order chi connectivity index (χ0) is 13.5. The lowest BCUT2D eigenvalue weighted by Gasteiger charge is -2.22. The van der Waals surface area contributed by atoms with Gasteiger partial charge in [-0.1, -0.05) is 13.8 Å². The number of nitrogens with zero attached hydrogens (tertiary/aromatic N) is 2. The lowest BCUT2D eigenvalue weighted by molar-refractivity contribution is 0.609. The Morgan fingerprint density at radius 2 is 1.72 bits per heavy atom. The van der Waals surface area contributed by atoms with Crippen LogP contribution in [0.5, 0.6) is 0 Å². The van der Waals surface area contributed by atoms with Crippen molar-refractivity contribution in [3.63, 3.8) is 0 Å². The Bertz CT molecular complexity index is 385. The van der Waals surface area contributed by atoms with Gasteiger partial charge < -0.3 is 10.2 Å². The maximum atomic E-state index is 9.06. The molecule has 0 aliphatic heterocycles. The molecule has 1 rings (SSSR count). The molecule has 0 aromatic heterocycles. The van der Waals surface area contributed by atoms with Crippen LogP contribution < -0.4 is 10.2 Å². The van der Waals surface area contributed by atoms with Gasteiger partial charge >= 0.3 is 0 Å². The van der Waals surface area contributed by atoms with E-state index in [0.29, 0.717) is 5.92 Å². The van der Waals surface area contributed by atoms with E-state index >= 15 is 0 Å². The lowest BCUT2D eigenvalue weighted by atomic mass is 10.1. The van der Waals surface area contributed by atoms with Crippen LogP contribution in [0.2, 0.25) is 0 Å². The van der Waals surface area contributed by atoms with E-state index in [1.54, 1.807) is 0 Å². The number of nitrogens with one attached hydrogen (secondary N) is 1. The van der Waals surface area contributed by atoms with E-state index in [1.807, 2.05) is 26.0 Å². The van der Waals surface area contributed by atoms with Crippen molar-refractivity contribution < 1.29 is 0 Å². The summed E-state index contributed by atoms with van der Waals surface area (Å²) in [7, 11) is 0. The number of rotatable bonds is 6. The molecular formula is C15H23N3. The predicted octanol–water partition coefficient (Wildman–Crippen LogP) is 3.49. The molecule has 3 heteroatoms. The average molecular weight is 245 g/mol. The monoisotopic (exact) mass is 245 g/mol. The van der Waals surface area contributed by atoms with E-state index in [2.05, 4.69) is 42.3 Å². The van der Waals surface area contributed by atoms with Gasteiger partial charge in [0.05, 0.1) is 6.07 Å². The van der Waals surface area contributed by atoms with Crippen molar-refractivity contribution in [2.45, 2.75) is 33.7 Å². The Labute approximate surface area is 110 Å². The molecule has 18 heavy (non-hydrogen) atoms. The molecule has 1 unspecified atom stereocenters. The van der Waals surface area contributed by atoms with Gasteiger partial charge in [0.15, 0.2) is 0 Å². The topological polar surface area (TPSA) is 39.1 Å². The molecule has 0 aliphatic rings. The first-order chi connectivity index (χ1) is 8.62. The molecule has 1 aromatic carbocycles. The van der Waals surface area contributed by atoms with E-state index in [0.717, 1.165) is 18.8 Å². The standard InChI is InChI=1S/C15H23N3/c1-5-18(6-2)14-9-7-13(8-10-14)17-15(11-16)12(3)4/h7-10,12,15,17H,5-6H2,1-4H3. The number of benzene rings is 1. The fraction of sp³-hybridized carbons (Fsp3) is 0.533. The van der Waals surface area contributed by atoms with Gasteiger partial charge in [0.1, 0.15) is 6.04 Å². The summed E-state index contributed by atoms with van der Waals surface area (Å²) in [6.45, 7) is 10.4. The Morgan fingerprint density at radius 3 is 2.11 bits per heavy atom. The second-order valence-electron chi connectivity index (χ2n) is 4.71. The number of anilines is 2. The summed E-state index contributed by atoms with van der Waals surface area (Å²) >= 11 is 0. The minimum Gasteiger partial charge on any atom is -0.372 e. The van der Waals surface area contributed by atoms with Crippen LogP contribution in [0.1, 0.15) is 27.7 Å². The zero-order valence-electron chi connectivity index (χ0n) is 11.8. The summed E-state index contributed by atoms with van der Waals surface area (Å²) in [4.78, 5) is 2.30. The van der Waals surface area contributed by atoms with Crippen LogP contribution in [-0.4, -0.2) is 19.1 Å². The minimum absolute atomic E-state index is 0.135. The van der Waals surface area contributed by atoms with Gasteiger partial charge in [0, 0.05) is 24.5 Å². The quantitative estimate of drug-likeness (QED) is 0.833. The Balaban J connectivity index is 2.74. The minimum atomic E-state index is -0.135. The molecule has 1 aromatic rings. The van der Waals surface area contributed by atoms with Gasteiger partial charge in [-0.2, -0.15) is 5.26 Å². The molecular weight excluding hydrogens is 222 g/mol. The smallest absolute Gasteiger partial charge is 0.116 e. The van der Waals surface area contributed by atoms with E-state index in [-0.39, 0.29) is 6.04 Å².